The van der Waals surface area contributed by atoms with Crippen LogP contribution in [-0.4, -0.2) is 30.3 Å². The molecule has 11 heteroatoms. The van der Waals surface area contributed by atoms with Gasteiger partial charge in [-0.3, -0.25) is 9.48 Å². The average molecular weight is 387 g/mol. The maximum atomic E-state index is 13.2. The lowest BCUT2D eigenvalue weighted by molar-refractivity contribution is -0.142. The standard InChI is InChI=1S/C15H14ClF3N6O/c1-7-4-10(15(17,18)19)25-13(21-7)11(16)12(23-25)14(26)20-6-9-5-8(2)24(3)22-9/h4-5H,6H2,1-3H3,(H,20,26). The minimum atomic E-state index is -4.67. The van der Waals surface area contributed by atoms with Gasteiger partial charge in [0.2, 0.25) is 0 Å². The molecule has 0 saturated heterocycles. The molecule has 3 aromatic rings. The van der Waals surface area contributed by atoms with Gasteiger partial charge in [-0.15, -0.1) is 0 Å². The van der Waals surface area contributed by atoms with E-state index in [1.54, 1.807) is 17.8 Å². The molecule has 0 bridgehead atoms. The fraction of sp³-hybridized carbons (Fsp3) is 0.333. The summed E-state index contributed by atoms with van der Waals surface area (Å²) in [6.45, 7) is 3.34. The van der Waals surface area contributed by atoms with Crippen LogP contribution in [0.5, 0.6) is 0 Å². The van der Waals surface area contributed by atoms with Crippen molar-refractivity contribution < 1.29 is 18.0 Å². The van der Waals surface area contributed by atoms with Crippen LogP contribution in [0.25, 0.3) is 5.65 Å². The van der Waals surface area contributed by atoms with E-state index in [0.29, 0.717) is 10.2 Å². The van der Waals surface area contributed by atoms with Gasteiger partial charge in [-0.1, -0.05) is 11.6 Å². The minimum Gasteiger partial charge on any atom is -0.345 e. The molecule has 3 rings (SSSR count). The van der Waals surface area contributed by atoms with Crippen molar-refractivity contribution in [3.05, 3.63) is 45.6 Å². The van der Waals surface area contributed by atoms with Gasteiger partial charge in [-0.2, -0.15) is 23.4 Å². The first-order valence-corrected chi connectivity index (χ1v) is 7.86. The number of rotatable bonds is 3. The van der Waals surface area contributed by atoms with Crippen LogP contribution < -0.4 is 5.32 Å². The van der Waals surface area contributed by atoms with Gasteiger partial charge in [0.15, 0.2) is 11.3 Å². The van der Waals surface area contributed by atoms with Crippen molar-refractivity contribution >= 4 is 23.2 Å². The second-order valence-electron chi connectivity index (χ2n) is 5.76. The van der Waals surface area contributed by atoms with E-state index >= 15 is 0 Å². The van der Waals surface area contributed by atoms with Gasteiger partial charge in [0, 0.05) is 18.4 Å². The van der Waals surface area contributed by atoms with Crippen molar-refractivity contribution in [3.63, 3.8) is 0 Å². The van der Waals surface area contributed by atoms with E-state index in [4.69, 9.17) is 11.6 Å². The normalized spacial score (nSPS) is 12.0. The summed E-state index contributed by atoms with van der Waals surface area (Å²) in [7, 11) is 1.76. The van der Waals surface area contributed by atoms with Gasteiger partial charge >= 0.3 is 6.18 Å². The zero-order chi connectivity index (χ0) is 19.2. The lowest BCUT2D eigenvalue weighted by Gasteiger charge is -2.09. The number of hydrogen-bond donors (Lipinski definition) is 1. The Bertz CT molecular complexity index is 988. The van der Waals surface area contributed by atoms with Crippen molar-refractivity contribution in [2.24, 2.45) is 7.05 Å². The Morgan fingerprint density at radius 3 is 2.54 bits per heavy atom. The lowest BCUT2D eigenvalue weighted by atomic mass is 10.3. The van der Waals surface area contributed by atoms with Crippen molar-refractivity contribution in [2.75, 3.05) is 0 Å². The SMILES string of the molecule is Cc1cc(C(F)(F)F)n2nc(C(=O)NCc3cc(C)n(C)n3)c(Cl)c2n1. The number of aryl methyl sites for hydroxylation is 3. The van der Waals surface area contributed by atoms with E-state index < -0.39 is 17.8 Å². The van der Waals surface area contributed by atoms with E-state index in [9.17, 15) is 18.0 Å². The Labute approximate surface area is 150 Å². The predicted octanol–water partition coefficient (Wildman–Crippen LogP) is 2.68. The first kappa shape index (κ1) is 18.2. The van der Waals surface area contributed by atoms with Crippen LogP contribution >= 0.6 is 11.6 Å². The Kier molecular flexibility index (Phi) is 4.39. The summed E-state index contributed by atoms with van der Waals surface area (Å²) in [6, 6.07) is 2.62. The maximum Gasteiger partial charge on any atom is 0.433 e. The highest BCUT2D eigenvalue weighted by Gasteiger charge is 2.36. The number of halogens is 4. The van der Waals surface area contributed by atoms with Gasteiger partial charge < -0.3 is 5.32 Å². The van der Waals surface area contributed by atoms with E-state index in [0.717, 1.165) is 11.8 Å². The molecule has 0 aliphatic heterocycles. The van der Waals surface area contributed by atoms with Gasteiger partial charge in [0.1, 0.15) is 10.7 Å². The molecule has 0 aliphatic rings. The van der Waals surface area contributed by atoms with Crippen LogP contribution in [-0.2, 0) is 19.8 Å². The number of amides is 1. The molecule has 1 amide bonds. The lowest BCUT2D eigenvalue weighted by Crippen LogP contribution is -2.24. The minimum absolute atomic E-state index is 0.0866. The zero-order valence-electron chi connectivity index (χ0n) is 14.0. The molecule has 1 N–H and O–H groups in total. The fourth-order valence-corrected chi connectivity index (χ4v) is 2.68. The average Bonchev–Trinajstić information content (AvgIpc) is 3.04. The molecule has 0 fully saturated rings. The second kappa shape index (κ2) is 6.27. The van der Waals surface area contributed by atoms with Crippen molar-refractivity contribution in [1.82, 2.24) is 29.7 Å². The van der Waals surface area contributed by atoms with E-state index in [1.807, 2.05) is 6.92 Å². The van der Waals surface area contributed by atoms with Gasteiger partial charge in [0.05, 0.1) is 12.2 Å². The summed E-state index contributed by atoms with van der Waals surface area (Å²) >= 11 is 6.06. The largest absolute Gasteiger partial charge is 0.433 e. The topological polar surface area (TPSA) is 77.1 Å². The molecule has 0 spiro atoms. The summed E-state index contributed by atoms with van der Waals surface area (Å²) < 4.78 is 41.8. The highest BCUT2D eigenvalue weighted by molar-refractivity contribution is 6.36. The summed E-state index contributed by atoms with van der Waals surface area (Å²) in [6.07, 6.45) is -4.67. The van der Waals surface area contributed by atoms with Crippen LogP contribution in [0.2, 0.25) is 5.02 Å². The summed E-state index contributed by atoms with van der Waals surface area (Å²) in [5.41, 5.74) is 0.00211. The van der Waals surface area contributed by atoms with Crippen LogP contribution in [0.4, 0.5) is 13.2 Å². The molecule has 0 aliphatic carbocycles. The molecule has 3 heterocycles. The number of nitrogens with one attached hydrogen (secondary N) is 1. The van der Waals surface area contributed by atoms with Crippen LogP contribution in [0.15, 0.2) is 12.1 Å². The molecule has 138 valence electrons. The quantitative estimate of drug-likeness (QED) is 0.750. The third-order valence-electron chi connectivity index (χ3n) is 3.76. The molecular weight excluding hydrogens is 373 g/mol. The number of carbonyl (C=O) groups excluding carboxylic acids is 1. The maximum absolute atomic E-state index is 13.2. The number of carbonyl (C=O) groups is 1. The van der Waals surface area contributed by atoms with Crippen LogP contribution in [0.1, 0.15) is 33.3 Å². The zero-order valence-corrected chi connectivity index (χ0v) is 14.8. The van der Waals surface area contributed by atoms with Gasteiger partial charge in [0.25, 0.3) is 5.91 Å². The summed E-state index contributed by atoms with van der Waals surface area (Å²) in [4.78, 5) is 16.3. The van der Waals surface area contributed by atoms with E-state index in [1.165, 1.54) is 6.92 Å². The van der Waals surface area contributed by atoms with Gasteiger partial charge in [-0.25, -0.2) is 9.50 Å². The Morgan fingerprint density at radius 1 is 1.27 bits per heavy atom. The van der Waals surface area contributed by atoms with E-state index in [-0.39, 0.29) is 28.6 Å². The van der Waals surface area contributed by atoms with Gasteiger partial charge in [-0.05, 0) is 26.0 Å². The number of hydrogen-bond acceptors (Lipinski definition) is 4. The molecule has 7 nitrogen and oxygen atoms in total. The molecule has 0 saturated carbocycles. The molecule has 0 atom stereocenters. The number of aromatic nitrogens is 5. The highest BCUT2D eigenvalue weighted by Crippen LogP contribution is 2.32. The third kappa shape index (κ3) is 3.24. The van der Waals surface area contributed by atoms with Crippen molar-refractivity contribution in [2.45, 2.75) is 26.6 Å². The first-order valence-electron chi connectivity index (χ1n) is 7.48. The Hall–Kier alpha value is -2.62. The third-order valence-corrected chi connectivity index (χ3v) is 4.11. The monoisotopic (exact) mass is 386 g/mol. The number of fused-ring (bicyclic) bond motifs is 1. The molecular formula is C15H14ClF3N6O. The molecule has 0 radical (unpaired) electrons. The number of alkyl halides is 3. The molecule has 3 aromatic heterocycles. The summed E-state index contributed by atoms with van der Waals surface area (Å²) in [5.74, 6) is -0.713. The van der Waals surface area contributed by atoms with Crippen molar-refractivity contribution in [3.8, 4) is 0 Å². The van der Waals surface area contributed by atoms with E-state index in [2.05, 4.69) is 20.5 Å². The summed E-state index contributed by atoms with van der Waals surface area (Å²) in [5, 5.41) is 10.2. The molecule has 0 aromatic carbocycles. The van der Waals surface area contributed by atoms with Crippen LogP contribution in [0.3, 0.4) is 0 Å². The first-order chi connectivity index (χ1) is 12.1. The highest BCUT2D eigenvalue weighted by atomic mass is 35.5. The Morgan fingerprint density at radius 2 is 1.96 bits per heavy atom. The van der Waals surface area contributed by atoms with Crippen molar-refractivity contribution in [1.29, 1.82) is 0 Å². The molecule has 26 heavy (non-hydrogen) atoms. The smallest absolute Gasteiger partial charge is 0.345 e. The second-order valence-corrected chi connectivity index (χ2v) is 6.14. The Balaban J connectivity index is 1.94. The van der Waals surface area contributed by atoms with Crippen LogP contribution in [0, 0.1) is 13.8 Å². The number of nitrogens with zero attached hydrogens (tertiary/aromatic N) is 5. The fourth-order valence-electron chi connectivity index (χ4n) is 2.44. The predicted molar refractivity (Wildman–Crippen MR) is 86.9 cm³/mol. The molecule has 0 unspecified atom stereocenters.